The van der Waals surface area contributed by atoms with Gasteiger partial charge in [0.05, 0.1) is 0 Å². The van der Waals surface area contributed by atoms with Crippen molar-refractivity contribution in [1.29, 1.82) is 0 Å². The Morgan fingerprint density at radius 3 is 2.80 bits per heavy atom. The van der Waals surface area contributed by atoms with E-state index in [-0.39, 0.29) is 0 Å². The topological polar surface area (TPSA) is 9.23 Å². The van der Waals surface area contributed by atoms with Crippen molar-refractivity contribution in [1.82, 2.24) is 0 Å². The summed E-state index contributed by atoms with van der Waals surface area (Å²) in [5, 5.41) is 0. The highest BCUT2D eigenvalue weighted by atomic mass is 16.5. The average molecular weight is 142 g/mol. The lowest BCUT2D eigenvalue weighted by atomic mass is 9.92. The molecule has 1 heteroatoms. The van der Waals surface area contributed by atoms with Crippen LogP contribution in [0.2, 0.25) is 0 Å². The minimum atomic E-state index is 0.840. The normalized spacial score (nSPS) is 27.3. The maximum atomic E-state index is 5.38. The molecule has 0 radical (unpaired) electrons. The van der Waals surface area contributed by atoms with Gasteiger partial charge in [-0.15, -0.1) is 0 Å². The van der Waals surface area contributed by atoms with E-state index in [1.54, 1.807) is 0 Å². The number of ether oxygens (including phenoxy) is 1. The fourth-order valence-electron chi connectivity index (χ4n) is 1.66. The first-order valence-electron chi connectivity index (χ1n) is 4.37. The Hall–Kier alpha value is -0.0400. The van der Waals surface area contributed by atoms with E-state index in [4.69, 9.17) is 4.74 Å². The van der Waals surface area contributed by atoms with Crippen LogP contribution in [0.1, 0.15) is 33.1 Å². The maximum Gasteiger partial charge on any atom is 0.0494 e. The van der Waals surface area contributed by atoms with Crippen molar-refractivity contribution >= 4 is 0 Å². The molecule has 0 bridgehead atoms. The lowest BCUT2D eigenvalue weighted by Gasteiger charge is -2.23. The molecular formula is C9H18O. The zero-order valence-electron chi connectivity index (χ0n) is 7.10. The van der Waals surface area contributed by atoms with Gasteiger partial charge < -0.3 is 4.74 Å². The zero-order chi connectivity index (χ0) is 7.40. The van der Waals surface area contributed by atoms with E-state index in [9.17, 15) is 0 Å². The van der Waals surface area contributed by atoms with Gasteiger partial charge in [-0.05, 0) is 31.1 Å². The Balaban J connectivity index is 2.13. The van der Waals surface area contributed by atoms with E-state index in [2.05, 4.69) is 13.8 Å². The maximum absolute atomic E-state index is 5.38. The van der Waals surface area contributed by atoms with Gasteiger partial charge in [0.15, 0.2) is 0 Å². The van der Waals surface area contributed by atoms with Crippen molar-refractivity contribution in [3.05, 3.63) is 0 Å². The van der Waals surface area contributed by atoms with Crippen LogP contribution in [0.5, 0.6) is 0 Å². The minimum Gasteiger partial charge on any atom is -0.381 e. The summed E-state index contributed by atoms with van der Waals surface area (Å²) in [6.45, 7) is 6.58. The van der Waals surface area contributed by atoms with Gasteiger partial charge in [0.1, 0.15) is 0 Å². The molecule has 0 aromatic rings. The lowest BCUT2D eigenvalue weighted by molar-refractivity contribution is 0.0470. The summed E-state index contributed by atoms with van der Waals surface area (Å²) in [7, 11) is 0. The highest BCUT2D eigenvalue weighted by molar-refractivity contribution is 4.64. The Morgan fingerprint density at radius 2 is 2.30 bits per heavy atom. The predicted molar refractivity (Wildman–Crippen MR) is 43.0 cm³/mol. The second kappa shape index (κ2) is 3.97. The van der Waals surface area contributed by atoms with E-state index >= 15 is 0 Å². The SMILES string of the molecule is CC(C)C[C@H]1CCCOC1. The minimum absolute atomic E-state index is 0.840. The number of hydrogen-bond acceptors (Lipinski definition) is 1. The molecule has 0 saturated carbocycles. The first-order chi connectivity index (χ1) is 4.79. The van der Waals surface area contributed by atoms with Crippen molar-refractivity contribution in [2.75, 3.05) is 13.2 Å². The van der Waals surface area contributed by atoms with Crippen molar-refractivity contribution < 1.29 is 4.74 Å². The van der Waals surface area contributed by atoms with Gasteiger partial charge >= 0.3 is 0 Å². The third kappa shape index (κ3) is 2.70. The number of rotatable bonds is 2. The molecule has 1 atom stereocenters. The third-order valence-electron chi connectivity index (χ3n) is 2.06. The van der Waals surface area contributed by atoms with Crippen LogP contribution < -0.4 is 0 Å². The summed E-state index contributed by atoms with van der Waals surface area (Å²) >= 11 is 0. The third-order valence-corrected chi connectivity index (χ3v) is 2.06. The molecule has 1 heterocycles. The van der Waals surface area contributed by atoms with Crippen molar-refractivity contribution in [2.45, 2.75) is 33.1 Å². The highest BCUT2D eigenvalue weighted by Gasteiger charge is 2.14. The first kappa shape index (κ1) is 8.06. The Morgan fingerprint density at radius 1 is 1.50 bits per heavy atom. The second-order valence-corrected chi connectivity index (χ2v) is 3.71. The molecule has 1 nitrogen and oxygen atoms in total. The summed E-state index contributed by atoms with van der Waals surface area (Å²) in [6, 6.07) is 0. The highest BCUT2D eigenvalue weighted by Crippen LogP contribution is 2.20. The van der Waals surface area contributed by atoms with Gasteiger partial charge in [-0.3, -0.25) is 0 Å². The van der Waals surface area contributed by atoms with Crippen LogP contribution in [0.25, 0.3) is 0 Å². The summed E-state index contributed by atoms with van der Waals surface area (Å²) in [5.74, 6) is 1.69. The molecule has 1 fully saturated rings. The van der Waals surface area contributed by atoms with E-state index in [0.717, 1.165) is 25.0 Å². The summed E-state index contributed by atoms with van der Waals surface area (Å²) < 4.78 is 5.38. The molecule has 1 aliphatic heterocycles. The molecule has 1 rings (SSSR count). The molecule has 1 aliphatic rings. The molecule has 0 aliphatic carbocycles. The zero-order valence-corrected chi connectivity index (χ0v) is 7.10. The molecule has 60 valence electrons. The fourth-order valence-corrected chi connectivity index (χ4v) is 1.66. The molecule has 0 N–H and O–H groups in total. The second-order valence-electron chi connectivity index (χ2n) is 3.71. The van der Waals surface area contributed by atoms with E-state index in [0.29, 0.717) is 0 Å². The molecule has 0 unspecified atom stereocenters. The van der Waals surface area contributed by atoms with Crippen LogP contribution in [0.4, 0.5) is 0 Å². The summed E-state index contributed by atoms with van der Waals surface area (Å²) in [6.07, 6.45) is 4.01. The van der Waals surface area contributed by atoms with Gasteiger partial charge in [0.2, 0.25) is 0 Å². The summed E-state index contributed by atoms with van der Waals surface area (Å²) in [5.41, 5.74) is 0. The van der Waals surface area contributed by atoms with Crippen LogP contribution in [-0.2, 0) is 4.74 Å². The largest absolute Gasteiger partial charge is 0.381 e. The Labute approximate surface area is 63.8 Å². The van der Waals surface area contributed by atoms with Gasteiger partial charge in [-0.2, -0.15) is 0 Å². The molecule has 1 saturated heterocycles. The standard InChI is InChI=1S/C9H18O/c1-8(2)6-9-4-3-5-10-7-9/h8-9H,3-7H2,1-2H3/t9-/m1/s1. The van der Waals surface area contributed by atoms with E-state index < -0.39 is 0 Å². The molecule has 0 spiro atoms. The van der Waals surface area contributed by atoms with Gasteiger partial charge in [-0.1, -0.05) is 13.8 Å². The van der Waals surface area contributed by atoms with Gasteiger partial charge in [0, 0.05) is 13.2 Å². The van der Waals surface area contributed by atoms with Crippen LogP contribution in [0.15, 0.2) is 0 Å². The average Bonchev–Trinajstić information content (AvgIpc) is 1.88. The van der Waals surface area contributed by atoms with Crippen LogP contribution in [0.3, 0.4) is 0 Å². The van der Waals surface area contributed by atoms with Gasteiger partial charge in [0.25, 0.3) is 0 Å². The molecular weight excluding hydrogens is 124 g/mol. The van der Waals surface area contributed by atoms with Crippen molar-refractivity contribution in [3.63, 3.8) is 0 Å². The Kier molecular flexibility index (Phi) is 3.20. The quantitative estimate of drug-likeness (QED) is 0.575. The molecule has 10 heavy (non-hydrogen) atoms. The van der Waals surface area contributed by atoms with Crippen LogP contribution >= 0.6 is 0 Å². The molecule has 0 aromatic carbocycles. The first-order valence-corrected chi connectivity index (χ1v) is 4.37. The summed E-state index contributed by atoms with van der Waals surface area (Å²) in [4.78, 5) is 0. The van der Waals surface area contributed by atoms with Crippen LogP contribution in [-0.4, -0.2) is 13.2 Å². The number of hydrogen-bond donors (Lipinski definition) is 0. The lowest BCUT2D eigenvalue weighted by Crippen LogP contribution is -2.18. The smallest absolute Gasteiger partial charge is 0.0494 e. The molecule has 0 aromatic heterocycles. The van der Waals surface area contributed by atoms with E-state index in [1.807, 2.05) is 0 Å². The Bertz CT molecular complexity index is 82.7. The van der Waals surface area contributed by atoms with Crippen LogP contribution in [0, 0.1) is 11.8 Å². The monoisotopic (exact) mass is 142 g/mol. The van der Waals surface area contributed by atoms with Crippen molar-refractivity contribution in [2.24, 2.45) is 11.8 Å². The van der Waals surface area contributed by atoms with Gasteiger partial charge in [-0.25, -0.2) is 0 Å². The predicted octanol–water partition coefficient (Wildman–Crippen LogP) is 2.46. The van der Waals surface area contributed by atoms with E-state index in [1.165, 1.54) is 19.3 Å². The van der Waals surface area contributed by atoms with Crippen molar-refractivity contribution in [3.8, 4) is 0 Å². The fraction of sp³-hybridized carbons (Fsp3) is 1.00. The molecule has 0 amide bonds.